The number of carbonyl (C=O) groups excluding carboxylic acids is 1. The van der Waals surface area contributed by atoms with Gasteiger partial charge in [0.05, 0.1) is 16.5 Å². The van der Waals surface area contributed by atoms with Crippen molar-refractivity contribution < 1.29 is 13.2 Å². The molecule has 1 aromatic carbocycles. The number of hydrogen-bond donors (Lipinski definition) is 0. The lowest BCUT2D eigenvalue weighted by atomic mass is 10.2. The zero-order chi connectivity index (χ0) is 13.5. The maximum atomic E-state index is 12.3. The molecule has 0 N–H and O–H groups in total. The first kappa shape index (κ1) is 12.4. The van der Waals surface area contributed by atoms with Gasteiger partial charge in [-0.15, -0.1) is 0 Å². The molecule has 0 saturated carbocycles. The third kappa shape index (κ3) is 2.18. The zero-order valence-corrected chi connectivity index (χ0v) is 11.3. The van der Waals surface area contributed by atoms with E-state index in [0.717, 1.165) is 10.9 Å². The molecule has 4 nitrogen and oxygen atoms in total. The van der Waals surface area contributed by atoms with Crippen LogP contribution in [0.3, 0.4) is 0 Å². The highest BCUT2D eigenvalue weighted by Crippen LogP contribution is 2.24. The van der Waals surface area contributed by atoms with Crippen LogP contribution in [0.1, 0.15) is 24.1 Å². The quantitative estimate of drug-likeness (QED) is 0.846. The summed E-state index contributed by atoms with van der Waals surface area (Å²) in [7, 11) is -3.06. The molecular formula is C14H15NO3S. The lowest BCUT2D eigenvalue weighted by molar-refractivity contribution is 0.0906. The summed E-state index contributed by atoms with van der Waals surface area (Å²) < 4.78 is 25.1. The van der Waals surface area contributed by atoms with Gasteiger partial charge in [-0.25, -0.2) is 8.42 Å². The Bertz CT molecular complexity index is 730. The summed E-state index contributed by atoms with van der Waals surface area (Å²) in [4.78, 5) is 12.3. The van der Waals surface area contributed by atoms with Gasteiger partial charge in [-0.05, 0) is 25.0 Å². The lowest BCUT2D eigenvalue weighted by Crippen LogP contribution is -2.22. The average Bonchev–Trinajstić information content (AvgIpc) is 2.93. The Morgan fingerprint density at radius 1 is 1.26 bits per heavy atom. The summed E-state index contributed by atoms with van der Waals surface area (Å²) in [6.07, 6.45) is 3.08. The van der Waals surface area contributed by atoms with Gasteiger partial charge in [-0.3, -0.25) is 9.36 Å². The zero-order valence-electron chi connectivity index (χ0n) is 10.5. The van der Waals surface area contributed by atoms with Crippen LogP contribution in [0.15, 0.2) is 36.5 Å². The Morgan fingerprint density at radius 2 is 2.05 bits per heavy atom. The Hall–Kier alpha value is -1.62. The first-order valence-corrected chi connectivity index (χ1v) is 8.10. The van der Waals surface area contributed by atoms with Crippen molar-refractivity contribution in [3.05, 3.63) is 36.5 Å². The van der Waals surface area contributed by atoms with E-state index in [1.807, 2.05) is 30.3 Å². The molecule has 19 heavy (non-hydrogen) atoms. The van der Waals surface area contributed by atoms with Crippen molar-refractivity contribution in [2.24, 2.45) is 0 Å². The molecule has 1 atom stereocenters. The van der Waals surface area contributed by atoms with Crippen molar-refractivity contribution in [2.45, 2.75) is 24.5 Å². The normalized spacial score (nSPS) is 21.8. The highest BCUT2D eigenvalue weighted by Gasteiger charge is 2.33. The Kier molecular flexibility index (Phi) is 2.93. The largest absolute Gasteiger partial charge is 0.287 e. The molecule has 0 spiro atoms. The minimum absolute atomic E-state index is 0.0843. The maximum absolute atomic E-state index is 12.3. The van der Waals surface area contributed by atoms with E-state index in [1.54, 1.807) is 10.8 Å². The molecule has 1 aromatic heterocycles. The second kappa shape index (κ2) is 4.49. The van der Waals surface area contributed by atoms with E-state index in [9.17, 15) is 13.2 Å². The molecule has 0 amide bonds. The summed E-state index contributed by atoms with van der Waals surface area (Å²) in [5, 5.41) is 0.492. The molecule has 0 aliphatic carbocycles. The van der Waals surface area contributed by atoms with Crippen molar-refractivity contribution in [3.8, 4) is 0 Å². The minimum atomic E-state index is -3.06. The first-order valence-electron chi connectivity index (χ1n) is 6.39. The Balaban J connectivity index is 1.89. The molecule has 2 aromatic rings. The van der Waals surface area contributed by atoms with E-state index < -0.39 is 15.1 Å². The predicted molar refractivity (Wildman–Crippen MR) is 74.0 cm³/mol. The van der Waals surface area contributed by atoms with Crippen molar-refractivity contribution in [1.82, 2.24) is 4.57 Å². The van der Waals surface area contributed by atoms with Gasteiger partial charge >= 0.3 is 0 Å². The SMILES string of the molecule is O=C(CC1CCCS1(=O)=O)n1ccc2ccccc21. The second-order valence-corrected chi connectivity index (χ2v) is 7.37. The molecule has 2 heterocycles. The van der Waals surface area contributed by atoms with E-state index in [-0.39, 0.29) is 18.1 Å². The van der Waals surface area contributed by atoms with Crippen LogP contribution in [-0.2, 0) is 9.84 Å². The third-order valence-electron chi connectivity index (χ3n) is 3.73. The van der Waals surface area contributed by atoms with Crippen molar-refractivity contribution in [3.63, 3.8) is 0 Å². The van der Waals surface area contributed by atoms with Crippen LogP contribution in [-0.4, -0.2) is 29.9 Å². The summed E-state index contributed by atoms with van der Waals surface area (Å²) in [6, 6.07) is 9.47. The van der Waals surface area contributed by atoms with Crippen LogP contribution in [0.5, 0.6) is 0 Å². The lowest BCUT2D eigenvalue weighted by Gasteiger charge is -2.09. The van der Waals surface area contributed by atoms with Gasteiger partial charge in [0.25, 0.3) is 0 Å². The number of nitrogens with zero attached hydrogens (tertiary/aromatic N) is 1. The van der Waals surface area contributed by atoms with Crippen LogP contribution >= 0.6 is 0 Å². The predicted octanol–water partition coefficient (Wildman–Crippen LogP) is 2.25. The van der Waals surface area contributed by atoms with Crippen LogP contribution in [0.2, 0.25) is 0 Å². The highest BCUT2D eigenvalue weighted by molar-refractivity contribution is 7.92. The number of aromatic nitrogens is 1. The molecule has 1 aliphatic rings. The van der Waals surface area contributed by atoms with Crippen LogP contribution in [0, 0.1) is 0 Å². The van der Waals surface area contributed by atoms with Crippen LogP contribution in [0.25, 0.3) is 10.9 Å². The van der Waals surface area contributed by atoms with E-state index >= 15 is 0 Å². The standard InChI is InChI=1S/C14H15NO3S/c16-14(10-12-5-3-9-19(12,17)18)15-8-7-11-4-1-2-6-13(11)15/h1-2,4,6-8,12H,3,5,9-10H2. The van der Waals surface area contributed by atoms with E-state index in [1.165, 1.54) is 0 Å². The number of carbonyl (C=O) groups is 1. The molecule has 0 radical (unpaired) electrons. The number of sulfone groups is 1. The first-order chi connectivity index (χ1) is 9.08. The summed E-state index contributed by atoms with van der Waals surface area (Å²) in [5.41, 5.74) is 0.836. The van der Waals surface area contributed by atoms with Gasteiger partial charge in [0.2, 0.25) is 5.91 Å². The number of hydrogen-bond acceptors (Lipinski definition) is 3. The summed E-state index contributed by atoms with van der Waals surface area (Å²) >= 11 is 0. The van der Waals surface area contributed by atoms with E-state index in [4.69, 9.17) is 0 Å². The average molecular weight is 277 g/mol. The fourth-order valence-electron chi connectivity index (χ4n) is 2.68. The Morgan fingerprint density at radius 3 is 2.79 bits per heavy atom. The van der Waals surface area contributed by atoms with Crippen LogP contribution < -0.4 is 0 Å². The highest BCUT2D eigenvalue weighted by atomic mass is 32.2. The molecule has 5 heteroatoms. The number of fused-ring (bicyclic) bond motifs is 1. The van der Waals surface area contributed by atoms with Gasteiger partial charge in [-0.2, -0.15) is 0 Å². The molecule has 1 fully saturated rings. The fraction of sp³-hybridized carbons (Fsp3) is 0.357. The molecule has 3 rings (SSSR count). The Labute approximate surface area is 112 Å². The third-order valence-corrected chi connectivity index (χ3v) is 6.01. The van der Waals surface area contributed by atoms with Gasteiger partial charge in [0, 0.05) is 18.0 Å². The van der Waals surface area contributed by atoms with Crippen molar-refractivity contribution in [1.29, 1.82) is 0 Å². The van der Waals surface area contributed by atoms with Crippen molar-refractivity contribution >= 4 is 26.6 Å². The number of para-hydroxylation sites is 1. The molecule has 1 aliphatic heterocycles. The van der Waals surface area contributed by atoms with Gasteiger partial charge in [0.1, 0.15) is 0 Å². The molecule has 0 bridgehead atoms. The molecule has 1 saturated heterocycles. The molecule has 100 valence electrons. The number of benzene rings is 1. The van der Waals surface area contributed by atoms with Gasteiger partial charge in [-0.1, -0.05) is 18.2 Å². The molecule has 1 unspecified atom stereocenters. The van der Waals surface area contributed by atoms with E-state index in [2.05, 4.69) is 0 Å². The van der Waals surface area contributed by atoms with Crippen LogP contribution in [0.4, 0.5) is 0 Å². The van der Waals surface area contributed by atoms with Gasteiger partial charge < -0.3 is 0 Å². The van der Waals surface area contributed by atoms with E-state index in [0.29, 0.717) is 12.8 Å². The summed E-state index contributed by atoms with van der Waals surface area (Å²) in [6.45, 7) is 0. The number of rotatable bonds is 2. The molecular weight excluding hydrogens is 262 g/mol. The smallest absolute Gasteiger partial charge is 0.232 e. The minimum Gasteiger partial charge on any atom is -0.287 e. The van der Waals surface area contributed by atoms with Crippen molar-refractivity contribution in [2.75, 3.05) is 5.75 Å². The topological polar surface area (TPSA) is 56.1 Å². The monoisotopic (exact) mass is 277 g/mol. The van der Waals surface area contributed by atoms with Gasteiger partial charge in [0.15, 0.2) is 9.84 Å². The summed E-state index contributed by atoms with van der Waals surface area (Å²) in [5.74, 6) is 0.0776. The fourth-order valence-corrected chi connectivity index (χ4v) is 4.51. The maximum Gasteiger partial charge on any atom is 0.232 e. The second-order valence-electron chi connectivity index (χ2n) is 4.97.